The zero-order valence-corrected chi connectivity index (χ0v) is 8.53. The lowest BCUT2D eigenvalue weighted by atomic mass is 10.3. The highest BCUT2D eigenvalue weighted by atomic mass is 32.1. The first-order chi connectivity index (χ1) is 7.24. The van der Waals surface area contributed by atoms with Crippen LogP contribution in [0.3, 0.4) is 0 Å². The molecule has 0 saturated carbocycles. The van der Waals surface area contributed by atoms with Crippen molar-refractivity contribution in [1.82, 2.24) is 10.1 Å². The molecular formula is C9H8N2O3S. The summed E-state index contributed by atoms with van der Waals surface area (Å²) in [6.45, 7) is 0. The van der Waals surface area contributed by atoms with Gasteiger partial charge in [0.25, 0.3) is 0 Å². The summed E-state index contributed by atoms with van der Waals surface area (Å²) in [7, 11) is 0. The smallest absolute Gasteiger partial charge is 0.311 e. The largest absolute Gasteiger partial charge is 0.481 e. The first-order valence-corrected chi connectivity index (χ1v) is 5.17. The fourth-order valence-electron chi connectivity index (χ4n) is 1.13. The molecule has 0 aliphatic rings. The van der Waals surface area contributed by atoms with Crippen LogP contribution < -0.4 is 0 Å². The van der Waals surface area contributed by atoms with E-state index in [2.05, 4.69) is 10.1 Å². The zero-order valence-electron chi connectivity index (χ0n) is 7.71. The molecule has 5 nitrogen and oxygen atoms in total. The van der Waals surface area contributed by atoms with Crippen LogP contribution in [0.5, 0.6) is 0 Å². The lowest BCUT2D eigenvalue weighted by molar-refractivity contribution is -0.136. The van der Waals surface area contributed by atoms with Gasteiger partial charge in [0.15, 0.2) is 5.82 Å². The molecule has 0 saturated heterocycles. The summed E-state index contributed by atoms with van der Waals surface area (Å²) in [6.07, 6.45) is 0.359. The summed E-state index contributed by atoms with van der Waals surface area (Å²) >= 11 is 1.60. The zero-order chi connectivity index (χ0) is 10.7. The highest BCUT2D eigenvalue weighted by Gasteiger charge is 2.10. The van der Waals surface area contributed by atoms with E-state index in [1.807, 2.05) is 17.5 Å². The molecule has 0 spiro atoms. The van der Waals surface area contributed by atoms with Crippen molar-refractivity contribution in [2.24, 2.45) is 0 Å². The Morgan fingerprint density at radius 2 is 2.47 bits per heavy atom. The van der Waals surface area contributed by atoms with Crippen molar-refractivity contribution in [2.75, 3.05) is 0 Å². The molecule has 0 aliphatic carbocycles. The molecule has 2 rings (SSSR count). The topological polar surface area (TPSA) is 76.2 Å². The number of aliphatic carboxylic acids is 1. The predicted molar refractivity (Wildman–Crippen MR) is 52.8 cm³/mol. The van der Waals surface area contributed by atoms with E-state index in [9.17, 15) is 4.79 Å². The third-order valence-electron chi connectivity index (χ3n) is 1.73. The number of rotatable bonds is 4. The van der Waals surface area contributed by atoms with E-state index < -0.39 is 5.97 Å². The minimum atomic E-state index is -0.960. The van der Waals surface area contributed by atoms with Crippen molar-refractivity contribution in [3.05, 3.63) is 34.1 Å². The minimum Gasteiger partial charge on any atom is -0.481 e. The number of carboxylic acid groups (broad SMARTS) is 1. The number of carboxylic acids is 1. The molecule has 0 aliphatic heterocycles. The Bertz CT molecular complexity index is 450. The number of thiophene rings is 1. The molecule has 2 aromatic heterocycles. The quantitative estimate of drug-likeness (QED) is 0.848. The van der Waals surface area contributed by atoms with Crippen LogP contribution in [0, 0.1) is 0 Å². The molecule has 2 heterocycles. The number of aromatic nitrogens is 2. The van der Waals surface area contributed by atoms with Gasteiger partial charge in [-0.05, 0) is 11.4 Å². The van der Waals surface area contributed by atoms with Crippen molar-refractivity contribution in [1.29, 1.82) is 0 Å². The standard InChI is InChI=1S/C9H8N2O3S/c12-9(13)5-7-10-8(14-11-7)4-6-2-1-3-15-6/h1-3H,4-5H2,(H,12,13). The van der Waals surface area contributed by atoms with Gasteiger partial charge in [-0.3, -0.25) is 4.79 Å². The van der Waals surface area contributed by atoms with Crippen molar-refractivity contribution in [2.45, 2.75) is 12.8 Å². The molecule has 15 heavy (non-hydrogen) atoms. The Balaban J connectivity index is 2.04. The average Bonchev–Trinajstić information content (AvgIpc) is 2.77. The van der Waals surface area contributed by atoms with Gasteiger partial charge in [0.2, 0.25) is 5.89 Å². The molecule has 0 fully saturated rings. The van der Waals surface area contributed by atoms with Crippen LogP contribution in [0.2, 0.25) is 0 Å². The fourth-order valence-corrected chi connectivity index (χ4v) is 1.83. The fraction of sp³-hybridized carbons (Fsp3) is 0.222. The summed E-state index contributed by atoms with van der Waals surface area (Å²) in [5, 5.41) is 14.0. The number of nitrogens with zero attached hydrogens (tertiary/aromatic N) is 2. The van der Waals surface area contributed by atoms with Gasteiger partial charge >= 0.3 is 5.97 Å². The second kappa shape index (κ2) is 4.22. The molecule has 78 valence electrons. The molecule has 1 N–H and O–H groups in total. The molecule has 0 aromatic carbocycles. The predicted octanol–water partition coefficient (Wildman–Crippen LogP) is 1.35. The summed E-state index contributed by atoms with van der Waals surface area (Å²) in [6, 6.07) is 3.90. The van der Waals surface area contributed by atoms with Crippen LogP contribution in [0.15, 0.2) is 22.0 Å². The van der Waals surface area contributed by atoms with Crippen molar-refractivity contribution in [3.8, 4) is 0 Å². The first-order valence-electron chi connectivity index (χ1n) is 4.29. The number of carbonyl (C=O) groups is 1. The summed E-state index contributed by atoms with van der Waals surface area (Å²) in [5.74, 6) is -0.291. The second-order valence-electron chi connectivity index (χ2n) is 2.93. The highest BCUT2D eigenvalue weighted by Crippen LogP contribution is 2.13. The molecule has 0 amide bonds. The summed E-state index contributed by atoms with van der Waals surface area (Å²) < 4.78 is 4.92. The van der Waals surface area contributed by atoms with Gasteiger partial charge in [-0.25, -0.2) is 0 Å². The normalized spacial score (nSPS) is 10.4. The lowest BCUT2D eigenvalue weighted by Crippen LogP contribution is -2.01. The van der Waals surface area contributed by atoms with Gasteiger partial charge in [-0.15, -0.1) is 11.3 Å². The van der Waals surface area contributed by atoms with Gasteiger partial charge in [0.1, 0.15) is 6.42 Å². The Morgan fingerprint density at radius 3 is 3.13 bits per heavy atom. The van der Waals surface area contributed by atoms with Crippen LogP contribution in [-0.4, -0.2) is 21.2 Å². The highest BCUT2D eigenvalue weighted by molar-refractivity contribution is 7.09. The van der Waals surface area contributed by atoms with E-state index in [1.165, 1.54) is 0 Å². The summed E-state index contributed by atoms with van der Waals surface area (Å²) in [4.78, 5) is 15.5. The maximum Gasteiger partial charge on any atom is 0.311 e. The monoisotopic (exact) mass is 224 g/mol. The van der Waals surface area contributed by atoms with Crippen LogP contribution in [0.4, 0.5) is 0 Å². The third-order valence-corrected chi connectivity index (χ3v) is 2.60. The molecule has 2 aromatic rings. The van der Waals surface area contributed by atoms with E-state index in [4.69, 9.17) is 9.63 Å². The lowest BCUT2D eigenvalue weighted by Gasteiger charge is -1.87. The molecule has 6 heteroatoms. The summed E-state index contributed by atoms with van der Waals surface area (Å²) in [5.41, 5.74) is 0. The number of hydrogen-bond acceptors (Lipinski definition) is 5. The Morgan fingerprint density at radius 1 is 1.60 bits per heavy atom. The second-order valence-corrected chi connectivity index (χ2v) is 3.96. The van der Waals surface area contributed by atoms with Crippen molar-refractivity contribution >= 4 is 17.3 Å². The van der Waals surface area contributed by atoms with Crippen molar-refractivity contribution in [3.63, 3.8) is 0 Å². The van der Waals surface area contributed by atoms with Crippen LogP contribution in [0.1, 0.15) is 16.6 Å². The molecule has 0 bridgehead atoms. The van der Waals surface area contributed by atoms with E-state index in [-0.39, 0.29) is 12.2 Å². The molecule has 0 unspecified atom stereocenters. The van der Waals surface area contributed by atoms with E-state index in [0.29, 0.717) is 12.3 Å². The molecule has 0 radical (unpaired) electrons. The number of hydrogen-bond donors (Lipinski definition) is 1. The van der Waals surface area contributed by atoms with Crippen LogP contribution in [0.25, 0.3) is 0 Å². The third kappa shape index (κ3) is 2.63. The van der Waals surface area contributed by atoms with Gasteiger partial charge < -0.3 is 9.63 Å². The van der Waals surface area contributed by atoms with Gasteiger partial charge in [0, 0.05) is 4.88 Å². The maximum atomic E-state index is 10.4. The Hall–Kier alpha value is -1.69. The van der Waals surface area contributed by atoms with Crippen LogP contribution >= 0.6 is 11.3 Å². The molecule has 0 atom stereocenters. The van der Waals surface area contributed by atoms with Gasteiger partial charge in [-0.2, -0.15) is 4.98 Å². The van der Waals surface area contributed by atoms with E-state index in [1.54, 1.807) is 11.3 Å². The van der Waals surface area contributed by atoms with E-state index in [0.717, 1.165) is 4.88 Å². The Labute approximate surface area is 89.4 Å². The Kier molecular flexibility index (Phi) is 2.77. The first kappa shape index (κ1) is 9.85. The maximum absolute atomic E-state index is 10.4. The van der Waals surface area contributed by atoms with Crippen molar-refractivity contribution < 1.29 is 14.4 Å². The molecular weight excluding hydrogens is 216 g/mol. The van der Waals surface area contributed by atoms with Crippen LogP contribution in [-0.2, 0) is 17.6 Å². The van der Waals surface area contributed by atoms with E-state index >= 15 is 0 Å². The SMILES string of the molecule is O=C(O)Cc1noc(Cc2cccs2)n1. The average molecular weight is 224 g/mol. The van der Waals surface area contributed by atoms with Gasteiger partial charge in [0.05, 0.1) is 6.42 Å². The van der Waals surface area contributed by atoms with Gasteiger partial charge in [-0.1, -0.05) is 11.2 Å². The minimum absolute atomic E-state index is 0.200.